The minimum absolute atomic E-state index is 0.0600. The van der Waals surface area contributed by atoms with Crippen molar-refractivity contribution in [1.29, 1.82) is 0 Å². The van der Waals surface area contributed by atoms with Crippen molar-refractivity contribution in [3.05, 3.63) is 28.2 Å². The normalized spacial score (nSPS) is 19.6. The van der Waals surface area contributed by atoms with Gasteiger partial charge in [0.1, 0.15) is 6.04 Å². The lowest BCUT2D eigenvalue weighted by Crippen LogP contribution is -2.54. The van der Waals surface area contributed by atoms with Gasteiger partial charge in [-0.15, -0.1) is 0 Å². The summed E-state index contributed by atoms with van der Waals surface area (Å²) in [6.07, 6.45) is 0. The Balaban J connectivity index is 2.27. The lowest BCUT2D eigenvalue weighted by molar-refractivity contribution is -0.122. The highest BCUT2D eigenvalue weighted by Crippen LogP contribution is 2.27. The molecule has 1 saturated heterocycles. The molecular weight excluding hydrogens is 330 g/mol. The molecule has 5 heteroatoms. The lowest BCUT2D eigenvalue weighted by Gasteiger charge is -2.36. The number of hydrogen-bond donors (Lipinski definition) is 2. The zero-order chi connectivity index (χ0) is 15.6. The minimum atomic E-state index is -0.131. The van der Waals surface area contributed by atoms with Crippen molar-refractivity contribution in [3.63, 3.8) is 0 Å². The molecule has 1 fully saturated rings. The second kappa shape index (κ2) is 6.36. The second-order valence-corrected chi connectivity index (χ2v) is 7.45. The van der Waals surface area contributed by atoms with Crippen LogP contribution in [0.1, 0.15) is 33.3 Å². The van der Waals surface area contributed by atoms with Crippen molar-refractivity contribution in [2.45, 2.75) is 45.8 Å². The van der Waals surface area contributed by atoms with Gasteiger partial charge in [-0.3, -0.25) is 4.79 Å². The van der Waals surface area contributed by atoms with Crippen LogP contribution in [0.15, 0.2) is 22.7 Å². The number of halogens is 1. The Morgan fingerprint density at radius 2 is 2.14 bits per heavy atom. The summed E-state index contributed by atoms with van der Waals surface area (Å²) in [6, 6.07) is 6.13. The topological polar surface area (TPSA) is 44.4 Å². The van der Waals surface area contributed by atoms with Gasteiger partial charge in [-0.2, -0.15) is 0 Å². The molecule has 1 aromatic carbocycles. The average Bonchev–Trinajstić information content (AvgIpc) is 2.39. The third-order valence-electron chi connectivity index (χ3n) is 3.66. The molecule has 0 radical (unpaired) electrons. The molecule has 1 aromatic rings. The fourth-order valence-corrected chi connectivity index (χ4v) is 2.86. The lowest BCUT2D eigenvalue weighted by atomic mass is 10.1. The zero-order valence-corrected chi connectivity index (χ0v) is 14.8. The van der Waals surface area contributed by atoms with Crippen molar-refractivity contribution in [1.82, 2.24) is 10.6 Å². The highest BCUT2D eigenvalue weighted by Gasteiger charge is 2.27. The Morgan fingerprint density at radius 1 is 1.43 bits per heavy atom. The average molecular weight is 354 g/mol. The van der Waals surface area contributed by atoms with Gasteiger partial charge in [-0.25, -0.2) is 0 Å². The van der Waals surface area contributed by atoms with Gasteiger partial charge in [0.25, 0.3) is 0 Å². The predicted octanol–water partition coefficient (Wildman–Crippen LogP) is 2.66. The molecule has 1 unspecified atom stereocenters. The monoisotopic (exact) mass is 353 g/mol. The third-order valence-corrected chi connectivity index (χ3v) is 4.15. The predicted molar refractivity (Wildman–Crippen MR) is 90.6 cm³/mol. The maximum atomic E-state index is 11.9. The standard InChI is InChI=1S/C16H24BrN3O/c1-11-15(21)18-7-8-20(11)14-6-5-13(17)9-12(14)10-19-16(2,3)4/h5-6,9,11,19H,7-8,10H2,1-4H3,(H,18,21). The maximum Gasteiger partial charge on any atom is 0.242 e. The fraction of sp³-hybridized carbons (Fsp3) is 0.562. The number of anilines is 1. The molecule has 0 spiro atoms. The molecule has 0 bridgehead atoms. The van der Waals surface area contributed by atoms with Crippen molar-refractivity contribution in [2.75, 3.05) is 18.0 Å². The first-order valence-corrected chi connectivity index (χ1v) is 8.15. The number of amides is 1. The molecule has 1 heterocycles. The summed E-state index contributed by atoms with van der Waals surface area (Å²) in [7, 11) is 0. The Hall–Kier alpha value is -1.07. The van der Waals surface area contributed by atoms with Crippen molar-refractivity contribution in [3.8, 4) is 0 Å². The number of nitrogens with one attached hydrogen (secondary N) is 2. The number of benzene rings is 1. The van der Waals surface area contributed by atoms with Crippen LogP contribution in [-0.2, 0) is 11.3 Å². The van der Waals surface area contributed by atoms with Crippen LogP contribution in [0.4, 0.5) is 5.69 Å². The van der Waals surface area contributed by atoms with Gasteiger partial charge < -0.3 is 15.5 Å². The Morgan fingerprint density at radius 3 is 2.81 bits per heavy atom. The number of nitrogens with zero attached hydrogens (tertiary/aromatic N) is 1. The van der Waals surface area contributed by atoms with Crippen LogP contribution in [0.2, 0.25) is 0 Å². The first-order valence-electron chi connectivity index (χ1n) is 7.36. The molecule has 116 valence electrons. The van der Waals surface area contributed by atoms with E-state index in [4.69, 9.17) is 0 Å². The van der Waals surface area contributed by atoms with Gasteiger partial charge >= 0.3 is 0 Å². The van der Waals surface area contributed by atoms with Gasteiger partial charge in [-0.05, 0) is 51.5 Å². The summed E-state index contributed by atoms with van der Waals surface area (Å²) in [5, 5.41) is 6.44. The molecule has 2 N–H and O–H groups in total. The van der Waals surface area contributed by atoms with Gasteiger partial charge in [-0.1, -0.05) is 15.9 Å². The quantitative estimate of drug-likeness (QED) is 0.877. The number of rotatable bonds is 3. The van der Waals surface area contributed by atoms with E-state index in [0.717, 1.165) is 23.2 Å². The maximum absolute atomic E-state index is 11.9. The first kappa shape index (κ1) is 16.3. The van der Waals surface area contributed by atoms with E-state index in [9.17, 15) is 4.79 Å². The van der Waals surface area contributed by atoms with E-state index in [1.807, 2.05) is 13.0 Å². The highest BCUT2D eigenvalue weighted by molar-refractivity contribution is 9.10. The van der Waals surface area contributed by atoms with E-state index in [-0.39, 0.29) is 17.5 Å². The molecule has 2 rings (SSSR count). The molecular formula is C16H24BrN3O. The molecule has 4 nitrogen and oxygen atoms in total. The molecule has 0 saturated carbocycles. The molecule has 0 aliphatic carbocycles. The van der Waals surface area contributed by atoms with E-state index in [0.29, 0.717) is 6.54 Å². The van der Waals surface area contributed by atoms with Crippen LogP contribution in [0.3, 0.4) is 0 Å². The molecule has 1 aliphatic heterocycles. The third kappa shape index (κ3) is 4.20. The van der Waals surface area contributed by atoms with Gasteiger partial charge in [0, 0.05) is 35.3 Å². The summed E-state index contributed by atoms with van der Waals surface area (Å²) in [5.41, 5.74) is 2.41. The summed E-state index contributed by atoms with van der Waals surface area (Å²) >= 11 is 3.54. The van der Waals surface area contributed by atoms with Crippen LogP contribution in [0, 0.1) is 0 Å². The minimum Gasteiger partial charge on any atom is -0.358 e. The number of carbonyl (C=O) groups is 1. The summed E-state index contributed by atoms with van der Waals surface area (Å²) < 4.78 is 1.06. The molecule has 1 atom stereocenters. The van der Waals surface area contributed by atoms with E-state index in [1.165, 1.54) is 5.56 Å². The second-order valence-electron chi connectivity index (χ2n) is 6.54. The SMILES string of the molecule is CC1C(=O)NCCN1c1ccc(Br)cc1CNC(C)(C)C. The van der Waals surface area contributed by atoms with E-state index in [1.54, 1.807) is 0 Å². The molecule has 1 amide bonds. The van der Waals surface area contributed by atoms with E-state index >= 15 is 0 Å². The van der Waals surface area contributed by atoms with E-state index < -0.39 is 0 Å². The fourth-order valence-electron chi connectivity index (χ4n) is 2.45. The number of carbonyl (C=O) groups excluding carboxylic acids is 1. The summed E-state index contributed by atoms with van der Waals surface area (Å²) in [4.78, 5) is 14.1. The van der Waals surface area contributed by atoms with Gasteiger partial charge in [0.05, 0.1) is 0 Å². The van der Waals surface area contributed by atoms with Gasteiger partial charge in [0.15, 0.2) is 0 Å². The van der Waals surface area contributed by atoms with Crippen LogP contribution >= 0.6 is 15.9 Å². The largest absolute Gasteiger partial charge is 0.358 e. The molecule has 0 aromatic heterocycles. The summed E-state index contributed by atoms with van der Waals surface area (Å²) in [5.74, 6) is 0.0962. The highest BCUT2D eigenvalue weighted by atomic mass is 79.9. The molecule has 21 heavy (non-hydrogen) atoms. The summed E-state index contributed by atoms with van der Waals surface area (Å²) in [6.45, 7) is 10.7. The zero-order valence-electron chi connectivity index (χ0n) is 13.2. The van der Waals surface area contributed by atoms with E-state index in [2.05, 4.69) is 64.4 Å². The van der Waals surface area contributed by atoms with Crippen molar-refractivity contribution >= 4 is 27.5 Å². The van der Waals surface area contributed by atoms with Crippen molar-refractivity contribution < 1.29 is 4.79 Å². The van der Waals surface area contributed by atoms with Crippen LogP contribution in [-0.4, -0.2) is 30.6 Å². The Labute approximate surface area is 135 Å². The van der Waals surface area contributed by atoms with Crippen LogP contribution < -0.4 is 15.5 Å². The Kier molecular flexibility index (Phi) is 4.94. The van der Waals surface area contributed by atoms with Crippen molar-refractivity contribution in [2.24, 2.45) is 0 Å². The van der Waals surface area contributed by atoms with Gasteiger partial charge in [0.2, 0.25) is 5.91 Å². The Bertz CT molecular complexity index is 525. The smallest absolute Gasteiger partial charge is 0.242 e. The van der Waals surface area contributed by atoms with Crippen LogP contribution in [0.5, 0.6) is 0 Å². The first-order chi connectivity index (χ1) is 9.78. The number of piperazine rings is 1. The number of hydrogen-bond acceptors (Lipinski definition) is 3. The van der Waals surface area contributed by atoms with Crippen LogP contribution in [0.25, 0.3) is 0 Å². The molecule has 1 aliphatic rings.